The standard InChI is InChI=1S/C20H16ClF2N3O2/c21-14-8-6-12(7-9-14)18-24-19(28-25-18)13-3-2-10-26(11-13)20(27)17-15(22)4-1-5-16(17)23/h1,4-9,13H,2-3,10-11H2/t13-/m1/s1. The molecule has 2 aromatic carbocycles. The van der Waals surface area contributed by atoms with Gasteiger partial charge in [-0.25, -0.2) is 8.78 Å². The highest BCUT2D eigenvalue weighted by Gasteiger charge is 2.31. The molecule has 1 aliphatic rings. The van der Waals surface area contributed by atoms with Gasteiger partial charge in [0, 0.05) is 23.7 Å². The molecule has 0 N–H and O–H groups in total. The van der Waals surface area contributed by atoms with E-state index in [0.29, 0.717) is 29.7 Å². The molecule has 0 aliphatic carbocycles. The lowest BCUT2D eigenvalue weighted by atomic mass is 9.97. The number of rotatable bonds is 3. The summed E-state index contributed by atoms with van der Waals surface area (Å²) in [6.07, 6.45) is 1.41. The van der Waals surface area contributed by atoms with E-state index in [1.807, 2.05) is 0 Å². The Morgan fingerprint density at radius 2 is 1.86 bits per heavy atom. The number of amides is 1. The second-order valence-corrected chi connectivity index (χ2v) is 7.09. The normalized spacial score (nSPS) is 17.0. The molecule has 0 spiro atoms. The average Bonchev–Trinajstić information content (AvgIpc) is 3.19. The second-order valence-electron chi connectivity index (χ2n) is 6.65. The summed E-state index contributed by atoms with van der Waals surface area (Å²) >= 11 is 5.89. The summed E-state index contributed by atoms with van der Waals surface area (Å²) in [5, 5.41) is 4.60. The predicted octanol–water partition coefficient (Wildman–Crippen LogP) is 4.69. The van der Waals surface area contributed by atoms with Gasteiger partial charge >= 0.3 is 0 Å². The summed E-state index contributed by atoms with van der Waals surface area (Å²) < 4.78 is 33.3. The van der Waals surface area contributed by atoms with Crippen LogP contribution >= 0.6 is 11.6 Å². The summed E-state index contributed by atoms with van der Waals surface area (Å²) in [5.74, 6) is -1.77. The van der Waals surface area contributed by atoms with Gasteiger partial charge in [-0.2, -0.15) is 4.98 Å². The maximum Gasteiger partial charge on any atom is 0.259 e. The van der Waals surface area contributed by atoms with E-state index in [9.17, 15) is 13.6 Å². The molecule has 0 radical (unpaired) electrons. The molecule has 1 aromatic heterocycles. The molecule has 28 heavy (non-hydrogen) atoms. The highest BCUT2D eigenvalue weighted by atomic mass is 35.5. The molecule has 144 valence electrons. The number of nitrogens with zero attached hydrogens (tertiary/aromatic N) is 3. The first-order valence-electron chi connectivity index (χ1n) is 8.86. The highest BCUT2D eigenvalue weighted by Crippen LogP contribution is 2.29. The smallest absolute Gasteiger partial charge is 0.259 e. The number of hydrogen-bond donors (Lipinski definition) is 0. The Bertz CT molecular complexity index is 987. The zero-order chi connectivity index (χ0) is 19.7. The van der Waals surface area contributed by atoms with E-state index in [-0.39, 0.29) is 12.5 Å². The minimum absolute atomic E-state index is 0.193. The Morgan fingerprint density at radius 1 is 1.14 bits per heavy atom. The first-order valence-corrected chi connectivity index (χ1v) is 9.23. The third-order valence-electron chi connectivity index (χ3n) is 4.78. The van der Waals surface area contributed by atoms with Crippen molar-refractivity contribution in [2.75, 3.05) is 13.1 Å². The minimum atomic E-state index is -0.866. The van der Waals surface area contributed by atoms with Gasteiger partial charge in [0.25, 0.3) is 5.91 Å². The fraction of sp³-hybridized carbons (Fsp3) is 0.250. The lowest BCUT2D eigenvalue weighted by Gasteiger charge is -2.31. The molecule has 0 bridgehead atoms. The average molecular weight is 404 g/mol. The van der Waals surface area contributed by atoms with Gasteiger partial charge in [-0.1, -0.05) is 22.8 Å². The summed E-state index contributed by atoms with van der Waals surface area (Å²) in [6.45, 7) is 0.677. The summed E-state index contributed by atoms with van der Waals surface area (Å²) in [7, 11) is 0. The number of hydrogen-bond acceptors (Lipinski definition) is 4. The minimum Gasteiger partial charge on any atom is -0.339 e. The number of carbonyl (C=O) groups is 1. The molecule has 0 unspecified atom stereocenters. The Balaban J connectivity index is 1.53. The molecule has 1 atom stereocenters. The van der Waals surface area contributed by atoms with E-state index in [1.165, 1.54) is 11.0 Å². The highest BCUT2D eigenvalue weighted by molar-refractivity contribution is 6.30. The van der Waals surface area contributed by atoms with Crippen molar-refractivity contribution in [1.29, 1.82) is 0 Å². The van der Waals surface area contributed by atoms with Crippen LogP contribution in [0, 0.1) is 11.6 Å². The number of likely N-dealkylation sites (tertiary alicyclic amines) is 1. The van der Waals surface area contributed by atoms with Crippen LogP contribution in [0.3, 0.4) is 0 Å². The van der Waals surface area contributed by atoms with Crippen LogP contribution in [0.5, 0.6) is 0 Å². The molecule has 1 aliphatic heterocycles. The van der Waals surface area contributed by atoms with Crippen LogP contribution in [0.4, 0.5) is 8.78 Å². The van der Waals surface area contributed by atoms with Crippen LogP contribution in [0.2, 0.25) is 5.02 Å². The van der Waals surface area contributed by atoms with Gasteiger partial charge in [0.2, 0.25) is 11.7 Å². The third-order valence-corrected chi connectivity index (χ3v) is 5.03. The zero-order valence-electron chi connectivity index (χ0n) is 14.7. The monoisotopic (exact) mass is 403 g/mol. The van der Waals surface area contributed by atoms with Gasteiger partial charge < -0.3 is 9.42 Å². The summed E-state index contributed by atoms with van der Waals surface area (Å²) in [5.41, 5.74) is 0.229. The van der Waals surface area contributed by atoms with Crippen LogP contribution in [-0.4, -0.2) is 34.0 Å². The Kier molecular flexibility index (Phi) is 5.09. The van der Waals surface area contributed by atoms with Gasteiger partial charge in [0.05, 0.1) is 5.92 Å². The van der Waals surface area contributed by atoms with Crippen LogP contribution in [0.25, 0.3) is 11.4 Å². The first-order chi connectivity index (χ1) is 13.5. The van der Waals surface area contributed by atoms with Crippen LogP contribution < -0.4 is 0 Å². The van der Waals surface area contributed by atoms with E-state index in [0.717, 1.165) is 24.1 Å². The lowest BCUT2D eigenvalue weighted by molar-refractivity contribution is 0.0686. The molecule has 1 saturated heterocycles. The molecule has 1 amide bonds. The van der Waals surface area contributed by atoms with E-state index < -0.39 is 23.1 Å². The Hall–Kier alpha value is -2.80. The maximum absolute atomic E-state index is 14.0. The fourth-order valence-electron chi connectivity index (χ4n) is 3.34. The molecule has 3 aromatic rings. The molecule has 5 nitrogen and oxygen atoms in total. The zero-order valence-corrected chi connectivity index (χ0v) is 15.5. The molecular weight excluding hydrogens is 388 g/mol. The van der Waals surface area contributed by atoms with Crippen molar-refractivity contribution < 1.29 is 18.1 Å². The predicted molar refractivity (Wildman–Crippen MR) is 99.0 cm³/mol. The van der Waals surface area contributed by atoms with Gasteiger partial charge in [-0.3, -0.25) is 4.79 Å². The summed E-state index contributed by atoms with van der Waals surface area (Å²) in [6, 6.07) is 10.4. The molecule has 4 rings (SSSR count). The maximum atomic E-state index is 14.0. The van der Waals surface area contributed by atoms with Crippen molar-refractivity contribution in [1.82, 2.24) is 15.0 Å². The Labute approximate surface area is 164 Å². The fourth-order valence-corrected chi connectivity index (χ4v) is 3.47. The third kappa shape index (κ3) is 3.62. The quantitative estimate of drug-likeness (QED) is 0.636. The van der Waals surface area contributed by atoms with E-state index >= 15 is 0 Å². The molecule has 8 heteroatoms. The Morgan fingerprint density at radius 3 is 2.57 bits per heavy atom. The number of aromatic nitrogens is 2. The molecular formula is C20H16ClF2N3O2. The van der Waals surface area contributed by atoms with Crippen molar-refractivity contribution in [3.63, 3.8) is 0 Å². The molecule has 2 heterocycles. The topological polar surface area (TPSA) is 59.2 Å². The second kappa shape index (κ2) is 7.67. The van der Waals surface area contributed by atoms with E-state index in [4.69, 9.17) is 16.1 Å². The van der Waals surface area contributed by atoms with Crippen molar-refractivity contribution in [3.8, 4) is 11.4 Å². The van der Waals surface area contributed by atoms with Crippen LogP contribution in [-0.2, 0) is 0 Å². The first kappa shape index (κ1) is 18.6. The van der Waals surface area contributed by atoms with Gasteiger partial charge in [-0.15, -0.1) is 0 Å². The van der Waals surface area contributed by atoms with E-state index in [1.54, 1.807) is 24.3 Å². The SMILES string of the molecule is O=C(c1c(F)cccc1F)N1CCC[C@@H](c2nc(-c3ccc(Cl)cc3)no2)C1. The van der Waals surface area contributed by atoms with Crippen molar-refractivity contribution in [3.05, 3.63) is 70.6 Å². The number of piperidine rings is 1. The van der Waals surface area contributed by atoms with Gasteiger partial charge in [0.15, 0.2) is 0 Å². The van der Waals surface area contributed by atoms with Crippen LogP contribution in [0.1, 0.15) is 35.0 Å². The van der Waals surface area contributed by atoms with E-state index in [2.05, 4.69) is 10.1 Å². The van der Waals surface area contributed by atoms with Gasteiger partial charge in [-0.05, 0) is 49.2 Å². The van der Waals surface area contributed by atoms with Crippen molar-refractivity contribution >= 4 is 17.5 Å². The number of halogens is 3. The largest absolute Gasteiger partial charge is 0.339 e. The van der Waals surface area contributed by atoms with Crippen LogP contribution in [0.15, 0.2) is 47.0 Å². The number of benzene rings is 2. The van der Waals surface area contributed by atoms with Crippen molar-refractivity contribution in [2.45, 2.75) is 18.8 Å². The molecule has 0 saturated carbocycles. The lowest BCUT2D eigenvalue weighted by Crippen LogP contribution is -2.40. The van der Waals surface area contributed by atoms with Gasteiger partial charge in [0.1, 0.15) is 17.2 Å². The molecule has 1 fully saturated rings. The number of carbonyl (C=O) groups excluding carboxylic acids is 1. The van der Waals surface area contributed by atoms with Crippen molar-refractivity contribution in [2.24, 2.45) is 0 Å². The summed E-state index contributed by atoms with van der Waals surface area (Å²) in [4.78, 5) is 18.5.